The molecule has 0 aliphatic carbocycles. The first-order valence-electron chi connectivity index (χ1n) is 10.2. The van der Waals surface area contributed by atoms with Gasteiger partial charge >= 0.3 is 0 Å². The third kappa shape index (κ3) is 4.32. The van der Waals surface area contributed by atoms with E-state index < -0.39 is 8.07 Å². The van der Waals surface area contributed by atoms with E-state index in [2.05, 4.69) is 24.6 Å². The normalized spacial score (nSPS) is 14.5. The second kappa shape index (κ2) is 8.46. The monoisotopic (exact) mass is 476 g/mol. The average Bonchev–Trinajstić information content (AvgIpc) is 3.10. The summed E-state index contributed by atoms with van der Waals surface area (Å²) in [6, 6.07) is 8.34. The van der Waals surface area contributed by atoms with Crippen molar-refractivity contribution in [2.24, 2.45) is 0 Å². The number of aromatic nitrogens is 2. The van der Waals surface area contributed by atoms with Crippen molar-refractivity contribution in [3.05, 3.63) is 52.3 Å². The average molecular weight is 477 g/mol. The quantitative estimate of drug-likeness (QED) is 0.337. The molecule has 0 bridgehead atoms. The van der Waals surface area contributed by atoms with Crippen LogP contribution in [0, 0.1) is 0 Å². The van der Waals surface area contributed by atoms with Crippen LogP contribution in [0.5, 0.6) is 0 Å². The van der Waals surface area contributed by atoms with Gasteiger partial charge in [0, 0.05) is 39.5 Å². The minimum absolute atomic E-state index is 0.170. The van der Waals surface area contributed by atoms with Crippen molar-refractivity contribution in [3.63, 3.8) is 0 Å². The zero-order valence-corrected chi connectivity index (χ0v) is 20.7. The number of anilines is 2. The number of benzene rings is 1. The van der Waals surface area contributed by atoms with Crippen molar-refractivity contribution in [1.82, 2.24) is 9.55 Å². The topological polar surface area (TPSA) is 50.6 Å². The molecule has 1 amide bonds. The molecule has 0 spiro atoms. The molecule has 6 nitrogen and oxygen atoms in total. The van der Waals surface area contributed by atoms with E-state index in [-0.39, 0.29) is 5.91 Å². The van der Waals surface area contributed by atoms with Crippen LogP contribution in [-0.2, 0) is 11.5 Å². The van der Waals surface area contributed by atoms with Gasteiger partial charge in [0.25, 0.3) is 5.91 Å². The number of nitrogens with zero attached hydrogens (tertiary/aromatic N) is 4. The molecule has 4 rings (SSSR count). The Morgan fingerprint density at radius 1 is 1.13 bits per heavy atom. The number of para-hydroxylation sites is 1. The third-order valence-electron chi connectivity index (χ3n) is 5.41. The lowest BCUT2D eigenvalue weighted by molar-refractivity contribution is 0.0899. The molecule has 0 saturated carbocycles. The summed E-state index contributed by atoms with van der Waals surface area (Å²) in [7, 11) is 0.819. The Labute approximate surface area is 193 Å². The maximum atomic E-state index is 13.3. The van der Waals surface area contributed by atoms with Crippen LogP contribution >= 0.6 is 23.2 Å². The molecule has 3 aromatic rings. The Morgan fingerprint density at radius 3 is 2.52 bits per heavy atom. The van der Waals surface area contributed by atoms with Crippen LogP contribution in [-0.4, -0.2) is 43.9 Å². The van der Waals surface area contributed by atoms with Gasteiger partial charge in [-0.2, -0.15) is 0 Å². The highest BCUT2D eigenvalue weighted by molar-refractivity contribution is 6.76. The van der Waals surface area contributed by atoms with E-state index in [4.69, 9.17) is 27.9 Å². The summed E-state index contributed by atoms with van der Waals surface area (Å²) in [6.07, 6.45) is 3.59. The fraction of sp³-hybridized carbons (Fsp3) is 0.364. The van der Waals surface area contributed by atoms with Crippen molar-refractivity contribution in [1.29, 1.82) is 0 Å². The third-order valence-corrected chi connectivity index (χ3v) is 7.72. The summed E-state index contributed by atoms with van der Waals surface area (Å²) in [4.78, 5) is 21.5. The minimum atomic E-state index is -1.13. The molecule has 1 aromatic carbocycles. The summed E-state index contributed by atoms with van der Waals surface area (Å²) in [5.41, 5.74) is 2.70. The van der Waals surface area contributed by atoms with Crippen LogP contribution < -0.4 is 9.80 Å². The largest absolute Gasteiger partial charge is 0.361 e. The molecule has 3 heterocycles. The lowest BCUT2D eigenvalue weighted by Crippen LogP contribution is -2.45. The van der Waals surface area contributed by atoms with E-state index in [9.17, 15) is 4.79 Å². The number of halogens is 2. The summed E-state index contributed by atoms with van der Waals surface area (Å²) < 4.78 is 7.88. The van der Waals surface area contributed by atoms with Gasteiger partial charge in [-0.05, 0) is 24.2 Å². The van der Waals surface area contributed by atoms with Gasteiger partial charge in [-0.15, -0.1) is 0 Å². The van der Waals surface area contributed by atoms with Crippen LogP contribution in [0.1, 0.15) is 10.4 Å². The number of fused-ring (bicyclic) bond motifs is 3. The first-order chi connectivity index (χ1) is 14.7. The number of ether oxygens (including phenoxy) is 1. The highest BCUT2D eigenvalue weighted by Crippen LogP contribution is 2.40. The number of rotatable bonds is 6. The number of hydrogen-bond donors (Lipinski definition) is 0. The van der Waals surface area contributed by atoms with Crippen molar-refractivity contribution in [2.75, 3.05) is 30.1 Å². The standard InChI is InChI=1S/C22H26Cl2N4O2Si/c1-26-13-28(20-17(23)6-5-7-18(20)24)22(29)16-12-25-21-15(19(16)26)8-9-27(21)14-30-10-11-31(2,3)4/h5-9,12H,10-11,13-14H2,1-4H3. The molecule has 9 heteroatoms. The fourth-order valence-corrected chi connectivity index (χ4v) is 5.11. The molecule has 0 atom stereocenters. The van der Waals surface area contributed by atoms with Gasteiger partial charge in [-0.1, -0.05) is 48.9 Å². The maximum absolute atomic E-state index is 13.3. The molecule has 0 unspecified atom stereocenters. The van der Waals surface area contributed by atoms with Gasteiger partial charge in [-0.25, -0.2) is 4.98 Å². The molecular formula is C22H26Cl2N4O2Si. The predicted molar refractivity (Wildman–Crippen MR) is 130 cm³/mol. The molecule has 0 fully saturated rings. The lowest BCUT2D eigenvalue weighted by Gasteiger charge is -2.36. The fourth-order valence-electron chi connectivity index (χ4n) is 3.75. The molecule has 31 heavy (non-hydrogen) atoms. The second-order valence-electron chi connectivity index (χ2n) is 9.03. The van der Waals surface area contributed by atoms with Crippen molar-refractivity contribution < 1.29 is 9.53 Å². The molecule has 1 aliphatic rings. The molecule has 2 aromatic heterocycles. The van der Waals surface area contributed by atoms with Crippen molar-refractivity contribution in [3.8, 4) is 0 Å². The number of carbonyl (C=O) groups excluding carboxylic acids is 1. The smallest absolute Gasteiger partial charge is 0.263 e. The van der Waals surface area contributed by atoms with Gasteiger partial charge in [0.05, 0.1) is 33.7 Å². The zero-order chi connectivity index (χ0) is 22.3. The van der Waals surface area contributed by atoms with Crippen LogP contribution in [0.25, 0.3) is 11.0 Å². The number of carbonyl (C=O) groups is 1. The second-order valence-corrected chi connectivity index (χ2v) is 15.5. The van der Waals surface area contributed by atoms with Crippen molar-refractivity contribution >= 4 is 59.6 Å². The SMILES string of the molecule is CN1CN(c2c(Cl)cccc2Cl)C(=O)c2cnc3c(ccn3COCC[Si](C)(C)C)c21. The summed E-state index contributed by atoms with van der Waals surface area (Å²) in [6.45, 7) is 8.53. The first-order valence-corrected chi connectivity index (χ1v) is 14.7. The molecule has 164 valence electrons. The number of amides is 1. The predicted octanol–water partition coefficient (Wildman–Crippen LogP) is 5.71. The Bertz CT molecular complexity index is 1120. The van der Waals surface area contributed by atoms with Gasteiger partial charge in [0.1, 0.15) is 12.4 Å². The molecule has 0 radical (unpaired) electrons. The van der Waals surface area contributed by atoms with Crippen molar-refractivity contribution in [2.45, 2.75) is 32.4 Å². The Kier molecular flexibility index (Phi) is 6.05. The van der Waals surface area contributed by atoms with E-state index in [1.54, 1.807) is 29.3 Å². The van der Waals surface area contributed by atoms with Gasteiger partial charge < -0.3 is 14.2 Å². The Hall–Kier alpha value is -2.06. The van der Waals surface area contributed by atoms with E-state index in [0.29, 0.717) is 34.7 Å². The molecule has 0 N–H and O–H groups in total. The van der Waals surface area contributed by atoms with Crippen LogP contribution in [0.3, 0.4) is 0 Å². The minimum Gasteiger partial charge on any atom is -0.361 e. The first kappa shape index (κ1) is 22.1. The number of hydrogen-bond acceptors (Lipinski definition) is 4. The van der Waals surface area contributed by atoms with Gasteiger partial charge in [0.2, 0.25) is 0 Å². The van der Waals surface area contributed by atoms with E-state index >= 15 is 0 Å². The Morgan fingerprint density at radius 2 is 1.84 bits per heavy atom. The van der Waals surface area contributed by atoms with Gasteiger partial charge in [0.15, 0.2) is 0 Å². The highest BCUT2D eigenvalue weighted by Gasteiger charge is 2.33. The highest BCUT2D eigenvalue weighted by atomic mass is 35.5. The van der Waals surface area contributed by atoms with E-state index in [1.165, 1.54) is 0 Å². The van der Waals surface area contributed by atoms with Crippen LogP contribution in [0.15, 0.2) is 36.7 Å². The zero-order valence-electron chi connectivity index (χ0n) is 18.2. The van der Waals surface area contributed by atoms with Crippen LogP contribution in [0.4, 0.5) is 11.4 Å². The molecular weight excluding hydrogens is 451 g/mol. The van der Waals surface area contributed by atoms with Gasteiger partial charge in [-0.3, -0.25) is 9.69 Å². The van der Waals surface area contributed by atoms with E-state index in [0.717, 1.165) is 29.4 Å². The lowest BCUT2D eigenvalue weighted by atomic mass is 10.1. The molecule has 1 aliphatic heterocycles. The number of pyridine rings is 1. The summed E-state index contributed by atoms with van der Waals surface area (Å²) in [5.74, 6) is -0.170. The van der Waals surface area contributed by atoms with E-state index in [1.807, 2.05) is 28.8 Å². The Balaban J connectivity index is 1.64. The maximum Gasteiger partial charge on any atom is 0.263 e. The summed E-state index contributed by atoms with van der Waals surface area (Å²) >= 11 is 12.7. The molecule has 0 saturated heterocycles. The van der Waals surface area contributed by atoms with Crippen LogP contribution in [0.2, 0.25) is 35.7 Å². The summed E-state index contributed by atoms with van der Waals surface area (Å²) in [5, 5.41) is 1.80.